The molecule has 2 atom stereocenters. The Morgan fingerprint density at radius 2 is 2.00 bits per heavy atom. The lowest BCUT2D eigenvalue weighted by molar-refractivity contribution is -0.151. The van der Waals surface area contributed by atoms with Crippen LogP contribution in [0, 0.1) is 5.92 Å². The van der Waals surface area contributed by atoms with Gasteiger partial charge >= 0.3 is 5.97 Å². The Morgan fingerprint density at radius 1 is 1.38 bits per heavy atom. The summed E-state index contributed by atoms with van der Waals surface area (Å²) in [5, 5.41) is 3.50. The van der Waals surface area contributed by atoms with Gasteiger partial charge in [-0.2, -0.15) is 0 Å². The third kappa shape index (κ3) is 6.35. The third-order valence-corrected chi connectivity index (χ3v) is 4.34. The molecule has 0 aliphatic heterocycles. The molecular formula is C17H34N2O2. The molecule has 0 saturated heterocycles. The number of carbonyl (C=O) groups is 1. The molecule has 4 heteroatoms. The zero-order valence-corrected chi connectivity index (χ0v) is 14.7. The Hall–Kier alpha value is -0.610. The minimum absolute atomic E-state index is 0.110. The predicted octanol–water partition coefficient (Wildman–Crippen LogP) is 2.82. The topological polar surface area (TPSA) is 41.6 Å². The maximum Gasteiger partial charge on any atom is 0.326 e. The lowest BCUT2D eigenvalue weighted by Crippen LogP contribution is -2.54. The van der Waals surface area contributed by atoms with Crippen molar-refractivity contribution in [2.45, 2.75) is 77.9 Å². The van der Waals surface area contributed by atoms with Crippen molar-refractivity contribution < 1.29 is 9.53 Å². The Labute approximate surface area is 130 Å². The summed E-state index contributed by atoms with van der Waals surface area (Å²) in [6.07, 6.45) is 4.32. The Kier molecular flexibility index (Phi) is 7.14. The molecule has 0 radical (unpaired) electrons. The van der Waals surface area contributed by atoms with E-state index < -0.39 is 5.54 Å². The van der Waals surface area contributed by atoms with E-state index in [1.165, 1.54) is 19.3 Å². The van der Waals surface area contributed by atoms with E-state index in [9.17, 15) is 4.79 Å². The maximum atomic E-state index is 12.3. The summed E-state index contributed by atoms with van der Waals surface area (Å²) >= 11 is 0. The molecule has 21 heavy (non-hydrogen) atoms. The largest absolute Gasteiger partial charge is 0.465 e. The number of hydrogen-bond acceptors (Lipinski definition) is 4. The molecule has 0 aromatic rings. The molecule has 0 amide bonds. The maximum absolute atomic E-state index is 12.3. The number of rotatable bonds is 10. The number of ether oxygens (including phenoxy) is 1. The first kappa shape index (κ1) is 18.4. The van der Waals surface area contributed by atoms with Gasteiger partial charge in [0, 0.05) is 12.1 Å². The SMILES string of the molecule is CCOC(=O)C(C)(CC(C)N(C)CCC(C)C)NC1CC1. The highest BCUT2D eigenvalue weighted by Gasteiger charge is 2.41. The number of esters is 1. The van der Waals surface area contributed by atoms with Gasteiger partial charge in [-0.05, 0) is 66.0 Å². The molecule has 1 aliphatic carbocycles. The van der Waals surface area contributed by atoms with E-state index in [-0.39, 0.29) is 5.97 Å². The van der Waals surface area contributed by atoms with E-state index in [2.05, 4.69) is 38.0 Å². The van der Waals surface area contributed by atoms with Gasteiger partial charge in [-0.15, -0.1) is 0 Å². The van der Waals surface area contributed by atoms with Gasteiger partial charge in [0.05, 0.1) is 6.61 Å². The summed E-state index contributed by atoms with van der Waals surface area (Å²) < 4.78 is 5.29. The molecule has 1 rings (SSSR count). The summed E-state index contributed by atoms with van der Waals surface area (Å²) in [4.78, 5) is 14.7. The third-order valence-electron chi connectivity index (χ3n) is 4.34. The minimum atomic E-state index is -0.567. The highest BCUT2D eigenvalue weighted by molar-refractivity contribution is 5.80. The van der Waals surface area contributed by atoms with E-state index in [1.807, 2.05) is 13.8 Å². The first-order valence-electron chi connectivity index (χ1n) is 8.43. The van der Waals surface area contributed by atoms with Crippen molar-refractivity contribution in [1.29, 1.82) is 0 Å². The van der Waals surface area contributed by atoms with Gasteiger partial charge in [-0.3, -0.25) is 10.1 Å². The fourth-order valence-corrected chi connectivity index (χ4v) is 2.60. The van der Waals surface area contributed by atoms with Gasteiger partial charge in [0.15, 0.2) is 0 Å². The number of nitrogens with one attached hydrogen (secondary N) is 1. The lowest BCUT2D eigenvalue weighted by Gasteiger charge is -2.35. The number of nitrogens with zero attached hydrogens (tertiary/aromatic N) is 1. The first-order valence-corrected chi connectivity index (χ1v) is 8.43. The van der Waals surface area contributed by atoms with Gasteiger partial charge in [0.2, 0.25) is 0 Å². The van der Waals surface area contributed by atoms with Crippen LogP contribution in [0.15, 0.2) is 0 Å². The van der Waals surface area contributed by atoms with Crippen molar-refractivity contribution in [1.82, 2.24) is 10.2 Å². The van der Waals surface area contributed by atoms with Crippen LogP contribution in [-0.4, -0.2) is 48.7 Å². The van der Waals surface area contributed by atoms with E-state index in [4.69, 9.17) is 4.74 Å². The Morgan fingerprint density at radius 3 is 2.48 bits per heavy atom. The Balaban J connectivity index is 2.59. The summed E-state index contributed by atoms with van der Waals surface area (Å²) in [6.45, 7) is 12.1. The second-order valence-corrected chi connectivity index (χ2v) is 7.19. The average molecular weight is 298 g/mol. The van der Waals surface area contributed by atoms with Crippen LogP contribution in [0.3, 0.4) is 0 Å². The van der Waals surface area contributed by atoms with Crippen LogP contribution in [0.1, 0.15) is 60.3 Å². The van der Waals surface area contributed by atoms with Crippen molar-refractivity contribution >= 4 is 5.97 Å². The van der Waals surface area contributed by atoms with Crippen LogP contribution in [0.5, 0.6) is 0 Å². The second kappa shape index (κ2) is 8.14. The molecule has 4 nitrogen and oxygen atoms in total. The van der Waals surface area contributed by atoms with Gasteiger partial charge in [0.1, 0.15) is 5.54 Å². The lowest BCUT2D eigenvalue weighted by atomic mass is 9.92. The highest BCUT2D eigenvalue weighted by Crippen LogP contribution is 2.26. The molecule has 124 valence electrons. The van der Waals surface area contributed by atoms with Crippen molar-refractivity contribution in [2.24, 2.45) is 5.92 Å². The van der Waals surface area contributed by atoms with Gasteiger partial charge in [-0.25, -0.2) is 0 Å². The highest BCUT2D eigenvalue weighted by atomic mass is 16.5. The van der Waals surface area contributed by atoms with Crippen LogP contribution >= 0.6 is 0 Å². The van der Waals surface area contributed by atoms with Crippen molar-refractivity contribution in [3.05, 3.63) is 0 Å². The molecule has 0 bridgehead atoms. The first-order chi connectivity index (χ1) is 9.78. The van der Waals surface area contributed by atoms with Crippen LogP contribution in [-0.2, 0) is 9.53 Å². The van der Waals surface area contributed by atoms with Crippen LogP contribution < -0.4 is 5.32 Å². The second-order valence-electron chi connectivity index (χ2n) is 7.19. The molecule has 1 saturated carbocycles. The summed E-state index contributed by atoms with van der Waals surface area (Å²) in [5.41, 5.74) is -0.567. The monoisotopic (exact) mass is 298 g/mol. The standard InChI is InChI=1S/C17H34N2O2/c1-7-21-16(20)17(5,18-15-8-9-15)12-14(4)19(6)11-10-13(2)3/h13-15,18H,7-12H2,1-6H3. The van der Waals surface area contributed by atoms with Gasteiger partial charge in [-0.1, -0.05) is 13.8 Å². The fraction of sp³-hybridized carbons (Fsp3) is 0.941. The number of carbonyl (C=O) groups excluding carboxylic acids is 1. The van der Waals surface area contributed by atoms with Crippen molar-refractivity contribution in [3.8, 4) is 0 Å². The molecule has 2 unspecified atom stereocenters. The normalized spacial score (nSPS) is 19.6. The van der Waals surface area contributed by atoms with Crippen LogP contribution in [0.2, 0.25) is 0 Å². The van der Waals surface area contributed by atoms with Gasteiger partial charge in [0.25, 0.3) is 0 Å². The smallest absolute Gasteiger partial charge is 0.326 e. The quantitative estimate of drug-likeness (QED) is 0.630. The molecule has 1 aliphatic rings. The van der Waals surface area contributed by atoms with Crippen LogP contribution in [0.25, 0.3) is 0 Å². The summed E-state index contributed by atoms with van der Waals surface area (Å²) in [7, 11) is 2.15. The zero-order valence-electron chi connectivity index (χ0n) is 14.7. The molecule has 1 fully saturated rings. The van der Waals surface area contributed by atoms with E-state index in [0.29, 0.717) is 24.6 Å². The van der Waals surface area contributed by atoms with E-state index in [1.54, 1.807) is 0 Å². The molecule has 0 aromatic heterocycles. The van der Waals surface area contributed by atoms with E-state index in [0.717, 1.165) is 13.0 Å². The molecule has 0 aromatic carbocycles. The van der Waals surface area contributed by atoms with Crippen molar-refractivity contribution in [2.75, 3.05) is 20.2 Å². The summed E-state index contributed by atoms with van der Waals surface area (Å²) in [5.74, 6) is 0.599. The van der Waals surface area contributed by atoms with E-state index >= 15 is 0 Å². The average Bonchev–Trinajstić information content (AvgIpc) is 3.19. The zero-order chi connectivity index (χ0) is 16.0. The predicted molar refractivity (Wildman–Crippen MR) is 87.4 cm³/mol. The summed E-state index contributed by atoms with van der Waals surface area (Å²) in [6, 6.07) is 0.844. The molecule has 0 spiro atoms. The number of hydrogen-bond donors (Lipinski definition) is 1. The van der Waals surface area contributed by atoms with Gasteiger partial charge < -0.3 is 9.64 Å². The minimum Gasteiger partial charge on any atom is -0.465 e. The molecular weight excluding hydrogens is 264 g/mol. The molecule has 0 heterocycles. The molecule has 1 N–H and O–H groups in total. The Bertz CT molecular complexity index is 329. The fourth-order valence-electron chi connectivity index (χ4n) is 2.60. The van der Waals surface area contributed by atoms with Crippen molar-refractivity contribution in [3.63, 3.8) is 0 Å². The van der Waals surface area contributed by atoms with Crippen LogP contribution in [0.4, 0.5) is 0 Å².